The van der Waals surface area contributed by atoms with Gasteiger partial charge in [-0.3, -0.25) is 4.79 Å². The number of piperidine rings is 1. The highest BCUT2D eigenvalue weighted by Crippen LogP contribution is 2.32. The van der Waals surface area contributed by atoms with Gasteiger partial charge in [0.25, 0.3) is 0 Å². The van der Waals surface area contributed by atoms with E-state index in [1.165, 1.54) is 70.9 Å². The molecule has 1 amide bonds. The summed E-state index contributed by atoms with van der Waals surface area (Å²) in [6, 6.07) is 14.9. The molecule has 1 aliphatic heterocycles. The maximum atomic E-state index is 13.4. The Morgan fingerprint density at radius 1 is 0.974 bits per heavy atom. The lowest BCUT2D eigenvalue weighted by molar-refractivity contribution is -0.123. The number of fused-ring (bicyclic) bond motifs is 1. The van der Waals surface area contributed by atoms with E-state index in [1.807, 2.05) is 6.07 Å². The Bertz CT molecular complexity index is 1280. The van der Waals surface area contributed by atoms with Crippen molar-refractivity contribution >= 4 is 15.9 Å². The number of amides is 1. The Labute approximate surface area is 226 Å². The van der Waals surface area contributed by atoms with Gasteiger partial charge in [0, 0.05) is 31.6 Å². The summed E-state index contributed by atoms with van der Waals surface area (Å²) in [5.41, 5.74) is 4.23. The molecule has 3 aliphatic rings. The monoisotopic (exact) mass is 534 g/mol. The van der Waals surface area contributed by atoms with E-state index < -0.39 is 10.0 Å². The third-order valence-electron chi connectivity index (χ3n) is 8.39. The molecule has 2 aromatic carbocycles. The molecule has 8 heteroatoms. The molecule has 0 spiro atoms. The first-order valence-corrected chi connectivity index (χ1v) is 15.5. The molecule has 0 radical (unpaired) electrons. The van der Waals surface area contributed by atoms with Gasteiger partial charge in [-0.1, -0.05) is 37.5 Å². The number of hydrogen-bond donors (Lipinski definition) is 2. The van der Waals surface area contributed by atoms with Gasteiger partial charge >= 0.3 is 0 Å². The summed E-state index contributed by atoms with van der Waals surface area (Å²) >= 11 is 0. The Hall–Kier alpha value is -2.73. The first-order valence-electron chi connectivity index (χ1n) is 14.1. The smallest absolute Gasteiger partial charge is 0.243 e. The van der Waals surface area contributed by atoms with Crippen LogP contribution in [0.1, 0.15) is 92.5 Å². The van der Waals surface area contributed by atoms with Crippen molar-refractivity contribution in [1.29, 1.82) is 5.26 Å². The van der Waals surface area contributed by atoms with Gasteiger partial charge in [-0.25, -0.2) is 8.42 Å². The molecule has 2 fully saturated rings. The van der Waals surface area contributed by atoms with Gasteiger partial charge < -0.3 is 10.6 Å². The summed E-state index contributed by atoms with van der Waals surface area (Å²) in [4.78, 5) is 13.4. The minimum absolute atomic E-state index is 0.0322. The van der Waals surface area contributed by atoms with Crippen LogP contribution in [0.4, 0.5) is 0 Å². The average Bonchev–Trinajstić information content (AvgIpc) is 3.46. The van der Waals surface area contributed by atoms with Crippen LogP contribution in [-0.2, 0) is 27.8 Å². The SMILES string of the molecule is N#Cc1ccc(S(=O)(=O)N2CCCC[C@H]2CC(=O)N[C@@H]2CCCc3cc(CNC4CCCC4)ccc32)cc1. The minimum atomic E-state index is -3.74. The van der Waals surface area contributed by atoms with Crippen LogP contribution in [0.2, 0.25) is 0 Å². The molecule has 202 valence electrons. The maximum absolute atomic E-state index is 13.4. The number of carbonyl (C=O) groups excluding carboxylic acids is 1. The average molecular weight is 535 g/mol. The lowest BCUT2D eigenvalue weighted by Crippen LogP contribution is -2.46. The number of aryl methyl sites for hydroxylation is 1. The minimum Gasteiger partial charge on any atom is -0.349 e. The first-order chi connectivity index (χ1) is 18.4. The molecule has 1 saturated carbocycles. The molecule has 5 rings (SSSR count). The fraction of sp³-hybridized carbons (Fsp3) is 0.533. The molecule has 38 heavy (non-hydrogen) atoms. The third kappa shape index (κ3) is 6.12. The van der Waals surface area contributed by atoms with Crippen LogP contribution in [0, 0.1) is 11.3 Å². The molecular weight excluding hydrogens is 496 g/mol. The fourth-order valence-electron chi connectivity index (χ4n) is 6.32. The van der Waals surface area contributed by atoms with E-state index in [1.54, 1.807) is 0 Å². The van der Waals surface area contributed by atoms with Gasteiger partial charge in [0.1, 0.15) is 0 Å². The molecule has 0 aromatic heterocycles. The number of hydrogen-bond acceptors (Lipinski definition) is 5. The second kappa shape index (κ2) is 12.0. The summed E-state index contributed by atoms with van der Waals surface area (Å²) in [5, 5.41) is 16.0. The van der Waals surface area contributed by atoms with Crippen molar-refractivity contribution in [3.05, 3.63) is 64.7 Å². The highest BCUT2D eigenvalue weighted by Gasteiger charge is 2.35. The number of benzene rings is 2. The van der Waals surface area contributed by atoms with Gasteiger partial charge in [0.2, 0.25) is 15.9 Å². The molecule has 0 unspecified atom stereocenters. The third-order valence-corrected chi connectivity index (χ3v) is 10.4. The van der Waals surface area contributed by atoms with E-state index in [-0.39, 0.29) is 29.3 Å². The number of sulfonamides is 1. The standard InChI is InChI=1S/C30H38N4O3S/c31-20-22-11-14-27(15-12-22)38(36,37)34-17-4-3-9-26(34)19-30(35)33-29-10-5-6-24-18-23(13-16-28(24)29)21-32-25-7-1-2-8-25/h11-16,18,25-26,29,32H,1-10,17,19,21H2,(H,33,35)/t26-,29+/m0/s1. The van der Waals surface area contributed by atoms with Crippen LogP contribution in [-0.4, -0.2) is 37.3 Å². The summed E-state index contributed by atoms with van der Waals surface area (Å²) < 4.78 is 28.3. The largest absolute Gasteiger partial charge is 0.349 e. The molecule has 1 saturated heterocycles. The molecule has 2 N–H and O–H groups in total. The van der Waals surface area contributed by atoms with Crippen molar-refractivity contribution in [1.82, 2.24) is 14.9 Å². The summed E-state index contributed by atoms with van der Waals surface area (Å²) in [6.45, 7) is 1.30. The molecule has 7 nitrogen and oxygen atoms in total. The van der Waals surface area contributed by atoms with E-state index in [2.05, 4.69) is 28.8 Å². The Morgan fingerprint density at radius 2 is 1.74 bits per heavy atom. The zero-order valence-corrected chi connectivity index (χ0v) is 22.8. The van der Waals surface area contributed by atoms with Crippen LogP contribution in [0.15, 0.2) is 47.4 Å². The topological polar surface area (TPSA) is 102 Å². The van der Waals surface area contributed by atoms with Gasteiger partial charge in [-0.15, -0.1) is 0 Å². The normalized spacial score (nSPS) is 22.5. The van der Waals surface area contributed by atoms with Crippen LogP contribution in [0.25, 0.3) is 0 Å². The van der Waals surface area contributed by atoms with Crippen molar-refractivity contribution < 1.29 is 13.2 Å². The Morgan fingerprint density at radius 3 is 2.50 bits per heavy atom. The maximum Gasteiger partial charge on any atom is 0.243 e. The van der Waals surface area contributed by atoms with Crippen molar-refractivity contribution in [2.75, 3.05) is 6.54 Å². The van der Waals surface area contributed by atoms with Crippen LogP contribution in [0.5, 0.6) is 0 Å². The highest BCUT2D eigenvalue weighted by molar-refractivity contribution is 7.89. The van der Waals surface area contributed by atoms with E-state index in [4.69, 9.17) is 5.26 Å². The molecule has 2 aromatic rings. The number of nitrogens with zero attached hydrogens (tertiary/aromatic N) is 2. The Balaban J connectivity index is 1.23. The second-order valence-corrected chi connectivity index (χ2v) is 12.9. The van der Waals surface area contributed by atoms with Gasteiger partial charge in [0.15, 0.2) is 0 Å². The predicted molar refractivity (Wildman–Crippen MR) is 147 cm³/mol. The number of nitrogens with one attached hydrogen (secondary N) is 2. The first kappa shape index (κ1) is 26.9. The van der Waals surface area contributed by atoms with Crippen molar-refractivity contribution in [2.24, 2.45) is 0 Å². The van der Waals surface area contributed by atoms with Gasteiger partial charge in [0.05, 0.1) is 22.6 Å². The highest BCUT2D eigenvalue weighted by atomic mass is 32.2. The van der Waals surface area contributed by atoms with Gasteiger partial charge in [-0.05, 0) is 85.9 Å². The zero-order valence-electron chi connectivity index (χ0n) is 22.0. The molecule has 2 atom stereocenters. The molecule has 0 bridgehead atoms. The predicted octanol–water partition coefficient (Wildman–Crippen LogP) is 4.72. The molecule has 1 heterocycles. The van der Waals surface area contributed by atoms with Crippen LogP contribution >= 0.6 is 0 Å². The fourth-order valence-corrected chi connectivity index (χ4v) is 8.01. The van der Waals surface area contributed by atoms with E-state index in [9.17, 15) is 13.2 Å². The van der Waals surface area contributed by atoms with Crippen LogP contribution in [0.3, 0.4) is 0 Å². The lowest BCUT2D eigenvalue weighted by atomic mass is 9.86. The van der Waals surface area contributed by atoms with Crippen molar-refractivity contribution in [3.63, 3.8) is 0 Å². The summed E-state index contributed by atoms with van der Waals surface area (Å²) in [6.07, 6.45) is 10.6. The summed E-state index contributed by atoms with van der Waals surface area (Å²) in [5.74, 6) is -0.0956. The van der Waals surface area contributed by atoms with Crippen molar-refractivity contribution in [3.8, 4) is 6.07 Å². The van der Waals surface area contributed by atoms with Crippen LogP contribution < -0.4 is 10.6 Å². The number of nitriles is 1. The Kier molecular flexibility index (Phi) is 8.47. The number of carbonyl (C=O) groups is 1. The zero-order chi connectivity index (χ0) is 26.5. The number of rotatable bonds is 8. The second-order valence-electron chi connectivity index (χ2n) is 11.0. The quantitative estimate of drug-likeness (QED) is 0.510. The van der Waals surface area contributed by atoms with E-state index >= 15 is 0 Å². The lowest BCUT2D eigenvalue weighted by Gasteiger charge is -2.35. The van der Waals surface area contributed by atoms with E-state index in [0.29, 0.717) is 24.6 Å². The van der Waals surface area contributed by atoms with Gasteiger partial charge in [-0.2, -0.15) is 9.57 Å². The molecule has 2 aliphatic carbocycles. The summed E-state index contributed by atoms with van der Waals surface area (Å²) in [7, 11) is -3.74. The van der Waals surface area contributed by atoms with Crippen molar-refractivity contribution in [2.45, 2.75) is 100 Å². The molecular formula is C30H38N4O3S. The van der Waals surface area contributed by atoms with E-state index in [0.717, 1.165) is 38.6 Å².